The van der Waals surface area contributed by atoms with E-state index in [-0.39, 0.29) is 11.0 Å². The highest BCUT2D eigenvalue weighted by atomic mass is 32.2. The minimum Gasteiger partial charge on any atom is -0.360 e. The van der Waals surface area contributed by atoms with Crippen molar-refractivity contribution in [1.29, 1.82) is 0 Å². The van der Waals surface area contributed by atoms with E-state index in [1.165, 1.54) is 22.9 Å². The maximum Gasteiger partial charge on any atom is 0.178 e. The van der Waals surface area contributed by atoms with Gasteiger partial charge in [0.1, 0.15) is 0 Å². The molecule has 0 unspecified atom stereocenters. The van der Waals surface area contributed by atoms with Crippen LogP contribution >= 0.6 is 11.8 Å². The average Bonchev–Trinajstić information content (AvgIpc) is 3.28. The molecule has 0 aliphatic carbocycles. The minimum absolute atomic E-state index is 0.104. The summed E-state index contributed by atoms with van der Waals surface area (Å²) in [7, 11) is 0. The van der Waals surface area contributed by atoms with Gasteiger partial charge in [0.05, 0.1) is 10.9 Å². The average molecular weight is 375 g/mol. The summed E-state index contributed by atoms with van der Waals surface area (Å²) in [5, 5.41) is 1.55. The van der Waals surface area contributed by atoms with E-state index >= 15 is 0 Å². The van der Waals surface area contributed by atoms with Crippen molar-refractivity contribution in [3.05, 3.63) is 77.7 Å². The smallest absolute Gasteiger partial charge is 0.178 e. The molecule has 0 spiro atoms. The first-order valence-electron chi connectivity index (χ1n) is 8.92. The number of nitrogens with zero attached hydrogens (tertiary/aromatic N) is 2. The molecule has 4 rings (SSSR count). The predicted molar refractivity (Wildman–Crippen MR) is 111 cm³/mol. The van der Waals surface area contributed by atoms with E-state index in [9.17, 15) is 4.79 Å². The summed E-state index contributed by atoms with van der Waals surface area (Å²) in [5.41, 5.74) is 5.22. The number of ketones is 1. The van der Waals surface area contributed by atoms with Crippen LogP contribution in [0.15, 0.2) is 66.2 Å². The van der Waals surface area contributed by atoms with Gasteiger partial charge in [0.2, 0.25) is 0 Å². The Morgan fingerprint density at radius 3 is 2.81 bits per heavy atom. The van der Waals surface area contributed by atoms with Crippen molar-refractivity contribution < 1.29 is 4.79 Å². The van der Waals surface area contributed by atoms with Crippen LogP contribution in [-0.2, 0) is 0 Å². The Kier molecular flexibility index (Phi) is 4.62. The number of hydrogen-bond donors (Lipinski definition) is 1. The maximum atomic E-state index is 13.0. The van der Waals surface area contributed by atoms with Gasteiger partial charge in [-0.2, -0.15) is 0 Å². The molecule has 2 aromatic heterocycles. The molecule has 0 amide bonds. The number of fused-ring (bicyclic) bond motifs is 1. The first-order chi connectivity index (χ1) is 13.0. The summed E-state index contributed by atoms with van der Waals surface area (Å²) in [6.07, 6.45) is 5.54. The first-order valence-corrected chi connectivity index (χ1v) is 9.80. The molecule has 0 saturated carbocycles. The monoisotopic (exact) mass is 375 g/mol. The number of aromatic amines is 1. The standard InChI is InChI=1S/C22H21N3OS/c1-14-8-9-20(15(2)12-14)25-11-10-23-22(25)27-16(3)21(26)18-13-24-19-7-5-4-6-17(18)19/h4-13,16,24H,1-3H3/t16-/m1/s1. The van der Waals surface area contributed by atoms with Gasteiger partial charge in [0, 0.05) is 35.1 Å². The topological polar surface area (TPSA) is 50.7 Å². The van der Waals surface area contributed by atoms with Gasteiger partial charge in [0.15, 0.2) is 10.9 Å². The molecular weight excluding hydrogens is 354 g/mol. The van der Waals surface area contributed by atoms with Crippen molar-refractivity contribution >= 4 is 28.4 Å². The summed E-state index contributed by atoms with van der Waals surface area (Å²) in [6.45, 7) is 6.12. The fourth-order valence-corrected chi connectivity index (χ4v) is 4.29. The Hall–Kier alpha value is -2.79. The lowest BCUT2D eigenvalue weighted by Crippen LogP contribution is -2.14. The van der Waals surface area contributed by atoms with Gasteiger partial charge in [-0.15, -0.1) is 0 Å². The fraction of sp³-hybridized carbons (Fsp3) is 0.182. The number of nitrogens with one attached hydrogen (secondary N) is 1. The molecular formula is C22H21N3OS. The number of thioether (sulfide) groups is 1. The van der Waals surface area contributed by atoms with Crippen molar-refractivity contribution in [3.8, 4) is 5.69 Å². The third kappa shape index (κ3) is 3.30. The number of benzene rings is 2. The zero-order valence-electron chi connectivity index (χ0n) is 15.6. The van der Waals surface area contributed by atoms with Crippen LogP contribution in [0.3, 0.4) is 0 Å². The van der Waals surface area contributed by atoms with Gasteiger partial charge in [-0.3, -0.25) is 9.36 Å². The quantitative estimate of drug-likeness (QED) is 0.379. The Bertz CT molecular complexity index is 1130. The van der Waals surface area contributed by atoms with Crippen molar-refractivity contribution in [2.75, 3.05) is 0 Å². The van der Waals surface area contributed by atoms with Gasteiger partial charge in [-0.1, -0.05) is 47.7 Å². The van der Waals surface area contributed by atoms with Crippen molar-refractivity contribution in [2.24, 2.45) is 0 Å². The molecule has 0 aliphatic heterocycles. The number of aromatic nitrogens is 3. The minimum atomic E-state index is -0.240. The molecule has 0 fully saturated rings. The second-order valence-electron chi connectivity index (χ2n) is 6.74. The van der Waals surface area contributed by atoms with Gasteiger partial charge < -0.3 is 4.98 Å². The Morgan fingerprint density at radius 2 is 2.00 bits per heavy atom. The highest BCUT2D eigenvalue weighted by molar-refractivity contribution is 8.00. The lowest BCUT2D eigenvalue weighted by atomic mass is 10.1. The van der Waals surface area contributed by atoms with Crippen molar-refractivity contribution in [1.82, 2.24) is 14.5 Å². The van der Waals surface area contributed by atoms with Crippen molar-refractivity contribution in [2.45, 2.75) is 31.2 Å². The van der Waals surface area contributed by atoms with E-state index in [4.69, 9.17) is 0 Å². The number of hydrogen-bond acceptors (Lipinski definition) is 3. The maximum absolute atomic E-state index is 13.0. The van der Waals surface area contributed by atoms with Gasteiger partial charge >= 0.3 is 0 Å². The molecule has 1 N–H and O–H groups in total. The van der Waals surface area contributed by atoms with E-state index < -0.39 is 0 Å². The third-order valence-corrected chi connectivity index (χ3v) is 5.81. The molecule has 0 bridgehead atoms. The highest BCUT2D eigenvalue weighted by Crippen LogP contribution is 2.29. The molecule has 4 nitrogen and oxygen atoms in total. The van der Waals surface area contributed by atoms with Gasteiger partial charge in [-0.25, -0.2) is 4.98 Å². The zero-order valence-corrected chi connectivity index (χ0v) is 16.4. The molecule has 0 aliphatic rings. The highest BCUT2D eigenvalue weighted by Gasteiger charge is 2.22. The number of rotatable bonds is 5. The van der Waals surface area contributed by atoms with E-state index in [1.54, 1.807) is 12.4 Å². The molecule has 2 heterocycles. The molecule has 0 radical (unpaired) electrons. The van der Waals surface area contributed by atoms with E-state index in [2.05, 4.69) is 46.6 Å². The summed E-state index contributed by atoms with van der Waals surface area (Å²) >= 11 is 1.49. The van der Waals surface area contributed by atoms with E-state index in [0.717, 1.165) is 27.3 Å². The second kappa shape index (κ2) is 7.08. The largest absolute Gasteiger partial charge is 0.360 e. The number of aryl methyl sites for hydroxylation is 2. The number of Topliss-reactive ketones (excluding diaryl/α,β-unsaturated/α-hetero) is 1. The van der Waals surface area contributed by atoms with E-state index in [1.807, 2.05) is 37.4 Å². The number of para-hydroxylation sites is 1. The molecule has 4 aromatic rings. The fourth-order valence-electron chi connectivity index (χ4n) is 3.34. The summed E-state index contributed by atoms with van der Waals surface area (Å²) in [5.74, 6) is 0.104. The van der Waals surface area contributed by atoms with Crippen LogP contribution in [0.1, 0.15) is 28.4 Å². The molecule has 5 heteroatoms. The Labute approximate surface area is 162 Å². The number of carbonyl (C=O) groups excluding carboxylic acids is 1. The van der Waals surface area contributed by atoms with Gasteiger partial charge in [0.25, 0.3) is 0 Å². The lowest BCUT2D eigenvalue weighted by Gasteiger charge is -2.14. The normalized spacial score (nSPS) is 12.4. The number of H-pyrrole nitrogens is 1. The summed E-state index contributed by atoms with van der Waals surface area (Å²) in [6, 6.07) is 14.2. The van der Waals surface area contributed by atoms with Crippen LogP contribution < -0.4 is 0 Å². The zero-order chi connectivity index (χ0) is 19.0. The lowest BCUT2D eigenvalue weighted by molar-refractivity contribution is 0.0995. The number of imidazole rings is 1. The number of carbonyl (C=O) groups is 1. The van der Waals surface area contributed by atoms with Crippen LogP contribution in [0.25, 0.3) is 16.6 Å². The van der Waals surface area contributed by atoms with Gasteiger partial charge in [-0.05, 0) is 38.5 Å². The predicted octanol–water partition coefficient (Wildman–Crippen LogP) is 5.33. The Morgan fingerprint density at radius 1 is 1.19 bits per heavy atom. The van der Waals surface area contributed by atoms with Crippen molar-refractivity contribution in [3.63, 3.8) is 0 Å². The third-order valence-electron chi connectivity index (χ3n) is 4.72. The molecule has 27 heavy (non-hydrogen) atoms. The first kappa shape index (κ1) is 17.6. The Balaban J connectivity index is 1.61. The molecule has 1 atom stereocenters. The summed E-state index contributed by atoms with van der Waals surface area (Å²) < 4.78 is 2.05. The molecule has 0 saturated heterocycles. The molecule has 136 valence electrons. The van der Waals surface area contributed by atoms with Crippen LogP contribution in [0.4, 0.5) is 0 Å². The second-order valence-corrected chi connectivity index (χ2v) is 8.05. The van der Waals surface area contributed by atoms with Crippen LogP contribution in [-0.4, -0.2) is 25.6 Å². The SMILES string of the molecule is Cc1ccc(-n2ccnc2S[C@H](C)C(=O)c2c[nH]c3ccccc23)c(C)c1. The van der Waals surface area contributed by atoms with Crippen LogP contribution in [0, 0.1) is 13.8 Å². The van der Waals surface area contributed by atoms with Crippen LogP contribution in [0.5, 0.6) is 0 Å². The van der Waals surface area contributed by atoms with E-state index in [0.29, 0.717) is 0 Å². The summed E-state index contributed by atoms with van der Waals surface area (Å²) in [4.78, 5) is 20.7. The van der Waals surface area contributed by atoms with Crippen LogP contribution in [0.2, 0.25) is 0 Å². The molecule has 2 aromatic carbocycles.